The molecule has 1 aliphatic heterocycles. The van der Waals surface area contributed by atoms with E-state index < -0.39 is 0 Å². The number of benzene rings is 3. The molecule has 3 aromatic carbocycles. The highest BCUT2D eigenvalue weighted by Crippen LogP contribution is 2.33. The third-order valence-electron chi connectivity index (χ3n) is 7.53. The third kappa shape index (κ3) is 4.70. The number of nitrogens with one attached hydrogen (secondary N) is 2. The molecule has 7 rings (SSSR count). The first-order chi connectivity index (χ1) is 19.2. The molecule has 8 heteroatoms. The average molecular weight is 516 g/mol. The van der Waals surface area contributed by atoms with E-state index in [9.17, 15) is 5.11 Å². The van der Waals surface area contributed by atoms with E-state index in [1.807, 2.05) is 30.6 Å². The number of likely N-dealkylation sites (tertiary alicyclic amines) is 1. The van der Waals surface area contributed by atoms with Crippen molar-refractivity contribution in [3.05, 3.63) is 96.8 Å². The van der Waals surface area contributed by atoms with Gasteiger partial charge in [-0.1, -0.05) is 42.5 Å². The summed E-state index contributed by atoms with van der Waals surface area (Å²) in [6, 6.07) is 26.2. The van der Waals surface area contributed by atoms with Crippen LogP contribution in [-0.4, -0.2) is 47.8 Å². The highest BCUT2D eigenvalue weighted by Gasteiger charge is 2.24. The molecule has 8 nitrogen and oxygen atoms in total. The van der Waals surface area contributed by atoms with Crippen LogP contribution >= 0.6 is 0 Å². The molecule has 0 radical (unpaired) electrons. The predicted octanol–water partition coefficient (Wildman–Crippen LogP) is 6.26. The Bertz CT molecular complexity index is 1750. The Morgan fingerprint density at radius 3 is 2.64 bits per heavy atom. The molecule has 3 N–H and O–H groups in total. The van der Waals surface area contributed by atoms with E-state index in [0.717, 1.165) is 65.7 Å². The molecule has 0 spiro atoms. The molecule has 1 aliphatic rings. The number of fused-ring (bicyclic) bond motifs is 2. The summed E-state index contributed by atoms with van der Waals surface area (Å²) in [5.41, 5.74) is 4.92. The lowest BCUT2D eigenvalue weighted by atomic mass is 10.0. The van der Waals surface area contributed by atoms with Crippen molar-refractivity contribution in [1.82, 2.24) is 29.6 Å². The number of piperidine rings is 1. The van der Waals surface area contributed by atoms with Gasteiger partial charge >= 0.3 is 0 Å². The molecular weight excluding hydrogens is 486 g/mol. The molecule has 0 aliphatic carbocycles. The fraction of sp³-hybridized carbons (Fsp3) is 0.194. The number of H-pyrrole nitrogens is 1. The van der Waals surface area contributed by atoms with Gasteiger partial charge in [-0.2, -0.15) is 5.10 Å². The molecule has 1 saturated heterocycles. The number of aromatic nitrogens is 5. The molecular formula is C31H29N7O. The second kappa shape index (κ2) is 9.89. The first-order valence-electron chi connectivity index (χ1n) is 13.3. The quantitative estimate of drug-likeness (QED) is 0.242. The van der Waals surface area contributed by atoms with Gasteiger partial charge < -0.3 is 15.4 Å². The molecule has 3 aromatic heterocycles. The van der Waals surface area contributed by atoms with Gasteiger partial charge in [0.05, 0.1) is 17.6 Å². The van der Waals surface area contributed by atoms with Crippen molar-refractivity contribution in [3.8, 4) is 17.1 Å². The normalized spacial score (nSPS) is 14.8. The van der Waals surface area contributed by atoms with E-state index in [-0.39, 0.29) is 11.8 Å². The number of rotatable bonds is 6. The zero-order valence-corrected chi connectivity index (χ0v) is 21.5. The van der Waals surface area contributed by atoms with Crippen molar-refractivity contribution in [3.63, 3.8) is 0 Å². The number of phenolic OH excluding ortho intramolecular Hbond substituents is 1. The minimum Gasteiger partial charge on any atom is -0.508 e. The standard InChI is InChI=1S/C31H29N7O/c39-26-8-4-7-23(18-26)29-35-30(34-24-9-10-28-22(17-24)11-14-32-28)27-19-33-38(31(27)36-29)25-12-15-37(16-13-25)20-21-5-2-1-3-6-21/h1-11,14,17-19,25,32,39H,12-13,15-16,20H2,(H,34,35,36). The first-order valence-corrected chi connectivity index (χ1v) is 13.3. The second-order valence-electron chi connectivity index (χ2n) is 10.2. The fourth-order valence-electron chi connectivity index (χ4n) is 5.49. The van der Waals surface area contributed by atoms with Gasteiger partial charge in [0.2, 0.25) is 0 Å². The molecule has 0 bridgehead atoms. The van der Waals surface area contributed by atoms with E-state index in [1.54, 1.807) is 12.1 Å². The maximum Gasteiger partial charge on any atom is 0.164 e. The fourth-order valence-corrected chi connectivity index (χ4v) is 5.49. The van der Waals surface area contributed by atoms with Crippen molar-refractivity contribution >= 4 is 33.4 Å². The highest BCUT2D eigenvalue weighted by molar-refractivity contribution is 5.91. The van der Waals surface area contributed by atoms with Gasteiger partial charge in [0, 0.05) is 48.0 Å². The third-order valence-corrected chi connectivity index (χ3v) is 7.53. The van der Waals surface area contributed by atoms with Crippen molar-refractivity contribution in [1.29, 1.82) is 0 Å². The van der Waals surface area contributed by atoms with Crippen LogP contribution in [0.2, 0.25) is 0 Å². The van der Waals surface area contributed by atoms with Crippen LogP contribution < -0.4 is 5.32 Å². The van der Waals surface area contributed by atoms with Gasteiger partial charge in [0.25, 0.3) is 0 Å². The van der Waals surface area contributed by atoms with Crippen molar-refractivity contribution in [2.45, 2.75) is 25.4 Å². The average Bonchev–Trinajstić information content (AvgIpc) is 3.61. The molecule has 6 aromatic rings. The minimum absolute atomic E-state index is 0.183. The number of aromatic hydroxyl groups is 1. The Morgan fingerprint density at radius 2 is 1.79 bits per heavy atom. The lowest BCUT2D eigenvalue weighted by molar-refractivity contribution is 0.175. The monoisotopic (exact) mass is 515 g/mol. The summed E-state index contributed by atoms with van der Waals surface area (Å²) in [5.74, 6) is 1.43. The minimum atomic E-state index is 0.183. The van der Waals surface area contributed by atoms with Crippen LogP contribution in [0.5, 0.6) is 5.75 Å². The van der Waals surface area contributed by atoms with E-state index in [1.165, 1.54) is 5.56 Å². The Balaban J connectivity index is 1.22. The zero-order valence-electron chi connectivity index (χ0n) is 21.5. The summed E-state index contributed by atoms with van der Waals surface area (Å²) >= 11 is 0. The molecule has 0 amide bonds. The summed E-state index contributed by atoms with van der Waals surface area (Å²) < 4.78 is 2.07. The van der Waals surface area contributed by atoms with Crippen LogP contribution in [0.4, 0.5) is 11.5 Å². The lowest BCUT2D eigenvalue weighted by Crippen LogP contribution is -2.34. The molecule has 4 heterocycles. The van der Waals surface area contributed by atoms with Crippen LogP contribution in [-0.2, 0) is 6.54 Å². The molecule has 194 valence electrons. The maximum absolute atomic E-state index is 10.1. The summed E-state index contributed by atoms with van der Waals surface area (Å²) in [5, 5.41) is 20.5. The van der Waals surface area contributed by atoms with Crippen molar-refractivity contribution in [2.75, 3.05) is 18.4 Å². The Morgan fingerprint density at radius 1 is 0.923 bits per heavy atom. The van der Waals surface area contributed by atoms with Crippen molar-refractivity contribution in [2.24, 2.45) is 0 Å². The van der Waals surface area contributed by atoms with E-state index in [4.69, 9.17) is 15.1 Å². The molecule has 1 fully saturated rings. The molecule has 39 heavy (non-hydrogen) atoms. The van der Waals surface area contributed by atoms with Crippen LogP contribution in [0.15, 0.2) is 91.3 Å². The van der Waals surface area contributed by atoms with E-state index >= 15 is 0 Å². The van der Waals surface area contributed by atoms with Crippen LogP contribution in [0.25, 0.3) is 33.3 Å². The Kier molecular flexibility index (Phi) is 5.94. The Labute approximate surface area is 226 Å². The van der Waals surface area contributed by atoms with Gasteiger partial charge in [0.1, 0.15) is 11.6 Å². The van der Waals surface area contributed by atoms with Gasteiger partial charge in [-0.25, -0.2) is 14.6 Å². The zero-order chi connectivity index (χ0) is 26.2. The summed E-state index contributed by atoms with van der Waals surface area (Å²) in [6.07, 6.45) is 5.81. The molecule has 0 atom stereocenters. The number of phenols is 1. The first kappa shape index (κ1) is 23.4. The lowest BCUT2D eigenvalue weighted by Gasteiger charge is -2.32. The van der Waals surface area contributed by atoms with Gasteiger partial charge in [-0.3, -0.25) is 4.90 Å². The maximum atomic E-state index is 10.1. The number of hydrogen-bond acceptors (Lipinski definition) is 6. The van der Waals surface area contributed by atoms with Gasteiger partial charge in [-0.15, -0.1) is 0 Å². The van der Waals surface area contributed by atoms with Crippen LogP contribution in [0, 0.1) is 0 Å². The van der Waals surface area contributed by atoms with Crippen molar-refractivity contribution < 1.29 is 5.11 Å². The van der Waals surface area contributed by atoms with Crippen LogP contribution in [0.1, 0.15) is 24.4 Å². The second-order valence-corrected chi connectivity index (χ2v) is 10.2. The smallest absolute Gasteiger partial charge is 0.164 e. The molecule has 0 unspecified atom stereocenters. The number of aromatic amines is 1. The summed E-state index contributed by atoms with van der Waals surface area (Å²) in [6.45, 7) is 2.98. The van der Waals surface area contributed by atoms with Crippen LogP contribution in [0.3, 0.4) is 0 Å². The topological polar surface area (TPSA) is 94.9 Å². The van der Waals surface area contributed by atoms with Gasteiger partial charge in [-0.05, 0) is 54.8 Å². The Hall–Kier alpha value is -4.69. The highest BCUT2D eigenvalue weighted by atomic mass is 16.3. The molecule has 0 saturated carbocycles. The number of nitrogens with zero attached hydrogens (tertiary/aromatic N) is 5. The SMILES string of the molecule is Oc1cccc(-c2nc(Nc3ccc4[nH]ccc4c3)c3cnn(C4CCN(Cc5ccccc5)CC4)c3n2)c1. The largest absolute Gasteiger partial charge is 0.508 e. The van der Waals surface area contributed by atoms with E-state index in [0.29, 0.717) is 11.6 Å². The summed E-state index contributed by atoms with van der Waals surface area (Å²) in [7, 11) is 0. The van der Waals surface area contributed by atoms with E-state index in [2.05, 4.69) is 68.4 Å². The predicted molar refractivity (Wildman–Crippen MR) is 154 cm³/mol. The van der Waals surface area contributed by atoms with Gasteiger partial charge in [0.15, 0.2) is 11.5 Å². The number of hydrogen-bond donors (Lipinski definition) is 3. The number of anilines is 2. The summed E-state index contributed by atoms with van der Waals surface area (Å²) in [4.78, 5) is 15.6.